The van der Waals surface area contributed by atoms with Gasteiger partial charge in [0.15, 0.2) is 0 Å². The van der Waals surface area contributed by atoms with E-state index in [0.717, 1.165) is 12.1 Å². The average Bonchev–Trinajstić information content (AvgIpc) is 2.46. The van der Waals surface area contributed by atoms with Crippen molar-refractivity contribution in [2.75, 3.05) is 18.2 Å². The van der Waals surface area contributed by atoms with Crippen molar-refractivity contribution < 1.29 is 17.9 Å². The third kappa shape index (κ3) is 3.81. The Kier molecular flexibility index (Phi) is 4.26. The Hall–Kier alpha value is -2.37. The van der Waals surface area contributed by atoms with Crippen LogP contribution in [0.1, 0.15) is 11.1 Å². The molecule has 0 aromatic heterocycles. The Balaban J connectivity index is 2.13. The van der Waals surface area contributed by atoms with E-state index in [1.165, 1.54) is 13.2 Å². The summed E-state index contributed by atoms with van der Waals surface area (Å²) in [6.45, 7) is 0.237. The molecule has 112 valence electrons. The number of alkyl halides is 3. The van der Waals surface area contributed by atoms with E-state index in [1.807, 2.05) is 0 Å². The lowest BCUT2D eigenvalue weighted by atomic mass is 10.1. The summed E-state index contributed by atoms with van der Waals surface area (Å²) in [5.41, 5.74) is 6.78. The van der Waals surface area contributed by atoms with Gasteiger partial charge in [-0.2, -0.15) is 13.2 Å². The van der Waals surface area contributed by atoms with Crippen LogP contribution in [0.25, 0.3) is 0 Å². The van der Waals surface area contributed by atoms with Crippen molar-refractivity contribution >= 4 is 11.4 Å². The van der Waals surface area contributed by atoms with E-state index in [9.17, 15) is 13.2 Å². The summed E-state index contributed by atoms with van der Waals surface area (Å²) in [5.74, 6) is 0.621. The Morgan fingerprint density at radius 2 is 1.90 bits per heavy atom. The highest BCUT2D eigenvalue weighted by Crippen LogP contribution is 2.30. The molecule has 2 aromatic carbocycles. The van der Waals surface area contributed by atoms with Gasteiger partial charge in [0.25, 0.3) is 0 Å². The number of anilines is 2. The zero-order valence-electron chi connectivity index (χ0n) is 11.4. The van der Waals surface area contributed by atoms with Gasteiger partial charge in [-0.1, -0.05) is 12.1 Å². The smallest absolute Gasteiger partial charge is 0.416 e. The molecular formula is C15H15F3N2O. The monoisotopic (exact) mass is 296 g/mol. The highest BCUT2D eigenvalue weighted by molar-refractivity contribution is 5.68. The number of nitrogens with two attached hydrogens (primary N) is 1. The Bertz CT molecular complexity index is 627. The molecule has 0 aliphatic carbocycles. The van der Waals surface area contributed by atoms with Crippen molar-refractivity contribution in [3.05, 3.63) is 53.6 Å². The average molecular weight is 296 g/mol. The molecule has 0 saturated heterocycles. The molecule has 2 aromatic rings. The minimum Gasteiger partial charge on any atom is -0.497 e. The van der Waals surface area contributed by atoms with Gasteiger partial charge in [-0.05, 0) is 29.8 Å². The highest BCUT2D eigenvalue weighted by atomic mass is 19.4. The lowest BCUT2D eigenvalue weighted by Crippen LogP contribution is -2.07. The first-order chi connectivity index (χ1) is 9.90. The SMILES string of the molecule is COc1ccc(N)c(NCc2cccc(C(F)(F)F)c2)c1. The van der Waals surface area contributed by atoms with Gasteiger partial charge < -0.3 is 15.8 Å². The van der Waals surface area contributed by atoms with Gasteiger partial charge in [-0.15, -0.1) is 0 Å². The second-order valence-electron chi connectivity index (χ2n) is 4.50. The Morgan fingerprint density at radius 1 is 1.14 bits per heavy atom. The fourth-order valence-corrected chi connectivity index (χ4v) is 1.87. The molecule has 0 radical (unpaired) electrons. The molecule has 0 heterocycles. The molecule has 0 atom stereocenters. The van der Waals surface area contributed by atoms with E-state index in [2.05, 4.69) is 5.32 Å². The normalized spacial score (nSPS) is 11.2. The van der Waals surface area contributed by atoms with Crippen molar-refractivity contribution in [1.29, 1.82) is 0 Å². The lowest BCUT2D eigenvalue weighted by molar-refractivity contribution is -0.137. The van der Waals surface area contributed by atoms with Crippen molar-refractivity contribution in [2.45, 2.75) is 12.7 Å². The van der Waals surface area contributed by atoms with Gasteiger partial charge in [0.1, 0.15) is 5.75 Å². The van der Waals surface area contributed by atoms with E-state index < -0.39 is 11.7 Å². The predicted octanol–water partition coefficient (Wildman–Crippen LogP) is 3.91. The highest BCUT2D eigenvalue weighted by Gasteiger charge is 2.30. The van der Waals surface area contributed by atoms with Crippen LogP contribution < -0.4 is 15.8 Å². The second-order valence-corrected chi connectivity index (χ2v) is 4.50. The minimum atomic E-state index is -4.34. The molecule has 3 nitrogen and oxygen atoms in total. The maximum Gasteiger partial charge on any atom is 0.416 e. The van der Waals surface area contributed by atoms with Crippen LogP contribution in [0.15, 0.2) is 42.5 Å². The molecule has 0 spiro atoms. The molecule has 0 bridgehead atoms. The number of benzene rings is 2. The Labute approximate surface area is 120 Å². The number of ether oxygens (including phenoxy) is 1. The van der Waals surface area contributed by atoms with Crippen molar-refractivity contribution in [3.63, 3.8) is 0 Å². The van der Waals surface area contributed by atoms with Crippen LogP contribution in [0.4, 0.5) is 24.5 Å². The van der Waals surface area contributed by atoms with Crippen molar-refractivity contribution in [2.24, 2.45) is 0 Å². The first kappa shape index (κ1) is 15.0. The molecule has 6 heteroatoms. The maximum absolute atomic E-state index is 12.6. The number of halogens is 3. The second kappa shape index (κ2) is 5.95. The van der Waals surface area contributed by atoms with E-state index in [-0.39, 0.29) is 6.54 Å². The van der Waals surface area contributed by atoms with Crippen LogP contribution in [-0.4, -0.2) is 7.11 Å². The zero-order chi connectivity index (χ0) is 15.5. The molecule has 0 saturated carbocycles. The van der Waals surface area contributed by atoms with E-state index in [4.69, 9.17) is 10.5 Å². The summed E-state index contributed by atoms with van der Waals surface area (Å²) >= 11 is 0. The maximum atomic E-state index is 12.6. The minimum absolute atomic E-state index is 0.237. The first-order valence-electron chi connectivity index (χ1n) is 6.23. The van der Waals surface area contributed by atoms with Gasteiger partial charge in [0.2, 0.25) is 0 Å². The van der Waals surface area contributed by atoms with Crippen molar-refractivity contribution in [3.8, 4) is 5.75 Å². The third-order valence-corrected chi connectivity index (χ3v) is 3.00. The fraction of sp³-hybridized carbons (Fsp3) is 0.200. The summed E-state index contributed by atoms with van der Waals surface area (Å²) < 4.78 is 43.0. The molecule has 2 rings (SSSR count). The summed E-state index contributed by atoms with van der Waals surface area (Å²) in [6.07, 6.45) is -4.34. The van der Waals surface area contributed by atoms with E-state index >= 15 is 0 Å². The first-order valence-corrected chi connectivity index (χ1v) is 6.23. The molecule has 0 aliphatic rings. The summed E-state index contributed by atoms with van der Waals surface area (Å²) in [7, 11) is 1.53. The summed E-state index contributed by atoms with van der Waals surface area (Å²) in [4.78, 5) is 0. The van der Waals surface area contributed by atoms with Crippen molar-refractivity contribution in [1.82, 2.24) is 0 Å². The third-order valence-electron chi connectivity index (χ3n) is 3.00. The van der Waals surface area contributed by atoms with Gasteiger partial charge >= 0.3 is 6.18 Å². The van der Waals surface area contributed by atoms with Gasteiger partial charge in [0, 0.05) is 12.6 Å². The number of hydrogen-bond acceptors (Lipinski definition) is 3. The van der Waals surface area contributed by atoms with Crippen LogP contribution in [0.2, 0.25) is 0 Å². The van der Waals surface area contributed by atoms with Gasteiger partial charge in [-0.25, -0.2) is 0 Å². The molecule has 21 heavy (non-hydrogen) atoms. The Morgan fingerprint density at radius 3 is 2.57 bits per heavy atom. The standard InChI is InChI=1S/C15H15F3N2O/c1-21-12-5-6-13(19)14(8-12)20-9-10-3-2-4-11(7-10)15(16,17)18/h2-8,20H,9,19H2,1H3. The fourth-order valence-electron chi connectivity index (χ4n) is 1.87. The summed E-state index contributed by atoms with van der Waals surface area (Å²) in [6, 6.07) is 10.3. The zero-order valence-corrected chi connectivity index (χ0v) is 11.4. The number of rotatable bonds is 4. The summed E-state index contributed by atoms with van der Waals surface area (Å²) in [5, 5.41) is 3.01. The topological polar surface area (TPSA) is 47.3 Å². The molecule has 0 aliphatic heterocycles. The molecule has 0 unspecified atom stereocenters. The van der Waals surface area contributed by atoms with Gasteiger partial charge in [-0.3, -0.25) is 0 Å². The number of methoxy groups -OCH3 is 1. The number of hydrogen-bond donors (Lipinski definition) is 2. The van der Waals surface area contributed by atoms with Crippen LogP contribution in [0, 0.1) is 0 Å². The van der Waals surface area contributed by atoms with E-state index in [0.29, 0.717) is 22.7 Å². The number of nitrogens with one attached hydrogen (secondary N) is 1. The largest absolute Gasteiger partial charge is 0.497 e. The number of nitrogen functional groups attached to an aromatic ring is 1. The van der Waals surface area contributed by atoms with Crippen LogP contribution in [0.5, 0.6) is 5.75 Å². The molecule has 3 N–H and O–H groups in total. The predicted molar refractivity (Wildman–Crippen MR) is 76.2 cm³/mol. The van der Waals surface area contributed by atoms with Crippen LogP contribution >= 0.6 is 0 Å². The molecule has 0 fully saturated rings. The quantitative estimate of drug-likeness (QED) is 0.841. The van der Waals surface area contributed by atoms with Gasteiger partial charge in [0.05, 0.1) is 24.0 Å². The van der Waals surface area contributed by atoms with Crippen LogP contribution in [-0.2, 0) is 12.7 Å². The lowest BCUT2D eigenvalue weighted by Gasteiger charge is -2.12. The van der Waals surface area contributed by atoms with Crippen LogP contribution in [0.3, 0.4) is 0 Å². The van der Waals surface area contributed by atoms with E-state index in [1.54, 1.807) is 24.3 Å². The molecule has 0 amide bonds. The molecular weight excluding hydrogens is 281 g/mol.